The molecule has 0 saturated carbocycles. The van der Waals surface area contributed by atoms with Gasteiger partial charge in [-0.25, -0.2) is 4.79 Å². The van der Waals surface area contributed by atoms with Gasteiger partial charge in [-0.1, -0.05) is 19.9 Å². The Morgan fingerprint density at radius 1 is 1.22 bits per heavy atom. The van der Waals surface area contributed by atoms with Crippen LogP contribution in [0, 0.1) is 5.92 Å². The highest BCUT2D eigenvalue weighted by Crippen LogP contribution is 2.14. The van der Waals surface area contributed by atoms with E-state index in [4.69, 9.17) is 0 Å². The van der Waals surface area contributed by atoms with E-state index in [0.29, 0.717) is 37.8 Å². The van der Waals surface area contributed by atoms with Gasteiger partial charge in [0.1, 0.15) is 0 Å². The second kappa shape index (κ2) is 8.20. The van der Waals surface area contributed by atoms with Crippen molar-refractivity contribution in [3.8, 4) is 0 Å². The van der Waals surface area contributed by atoms with Crippen molar-refractivity contribution in [1.82, 2.24) is 30.3 Å². The zero-order chi connectivity index (χ0) is 19.4. The number of nitrogens with one attached hydrogen (secondary N) is 2. The van der Waals surface area contributed by atoms with Crippen LogP contribution < -0.4 is 10.6 Å². The average molecular weight is 370 g/mol. The van der Waals surface area contributed by atoms with Crippen LogP contribution in [0.5, 0.6) is 0 Å². The van der Waals surface area contributed by atoms with Gasteiger partial charge in [0.25, 0.3) is 5.91 Å². The van der Waals surface area contributed by atoms with Gasteiger partial charge in [0, 0.05) is 18.8 Å². The third kappa shape index (κ3) is 4.64. The maximum atomic E-state index is 12.4. The number of hydrogen-bond donors (Lipinski definition) is 2. The summed E-state index contributed by atoms with van der Waals surface area (Å²) in [6, 6.07) is 7.34. The van der Waals surface area contributed by atoms with Crippen molar-refractivity contribution in [3.63, 3.8) is 0 Å². The van der Waals surface area contributed by atoms with E-state index in [0.717, 1.165) is 11.4 Å². The van der Waals surface area contributed by atoms with Gasteiger partial charge in [-0.3, -0.25) is 14.5 Å². The van der Waals surface area contributed by atoms with E-state index in [9.17, 15) is 9.59 Å². The highest BCUT2D eigenvalue weighted by molar-refractivity contribution is 5.92. The lowest BCUT2D eigenvalue weighted by molar-refractivity contribution is 0.0944. The molecule has 8 nitrogen and oxygen atoms in total. The third-order valence-corrected chi connectivity index (χ3v) is 4.83. The number of pyridine rings is 1. The highest BCUT2D eigenvalue weighted by Gasteiger charge is 2.25. The Labute approximate surface area is 159 Å². The summed E-state index contributed by atoms with van der Waals surface area (Å²) in [7, 11) is 0. The molecule has 27 heavy (non-hydrogen) atoms. The first kappa shape index (κ1) is 18.9. The zero-order valence-corrected chi connectivity index (χ0v) is 16.0. The van der Waals surface area contributed by atoms with Crippen molar-refractivity contribution in [2.24, 2.45) is 5.92 Å². The minimum Gasteiger partial charge on any atom is -0.345 e. The van der Waals surface area contributed by atoms with Crippen molar-refractivity contribution < 1.29 is 9.59 Å². The summed E-state index contributed by atoms with van der Waals surface area (Å²) >= 11 is 0. The minimum absolute atomic E-state index is 0.0789. The summed E-state index contributed by atoms with van der Waals surface area (Å²) in [5, 5.41) is 10.2. The van der Waals surface area contributed by atoms with Crippen LogP contribution in [0.15, 0.2) is 30.5 Å². The monoisotopic (exact) mass is 370 g/mol. The number of rotatable bonds is 5. The smallest absolute Gasteiger partial charge is 0.318 e. The molecule has 3 heterocycles. The molecule has 8 heteroatoms. The second-order valence-electron chi connectivity index (χ2n) is 7.15. The molecule has 1 aliphatic heterocycles. The van der Waals surface area contributed by atoms with Gasteiger partial charge in [-0.15, -0.1) is 0 Å². The molecule has 0 aliphatic carbocycles. The van der Waals surface area contributed by atoms with E-state index in [2.05, 4.69) is 34.6 Å². The van der Waals surface area contributed by atoms with Crippen LogP contribution in [0.4, 0.5) is 4.79 Å². The van der Waals surface area contributed by atoms with Gasteiger partial charge in [0.15, 0.2) is 5.69 Å². The van der Waals surface area contributed by atoms with Crippen molar-refractivity contribution in [2.45, 2.75) is 46.4 Å². The standard InChI is InChI=1S/C19H26N6O2/c1-13(2)14(3)22-19(27)24-8-9-25-16(12-24)10-17(23-25)18(26)21-11-15-6-4-5-7-20-15/h4-7,10,13-14H,8-9,11-12H2,1-3H3,(H,21,26)(H,22,27)/t14-/m1/s1. The topological polar surface area (TPSA) is 92.2 Å². The van der Waals surface area contributed by atoms with Crippen molar-refractivity contribution in [3.05, 3.63) is 47.5 Å². The Balaban J connectivity index is 1.59. The molecule has 0 fully saturated rings. The van der Waals surface area contributed by atoms with E-state index < -0.39 is 0 Å². The number of aromatic nitrogens is 3. The second-order valence-corrected chi connectivity index (χ2v) is 7.15. The number of amides is 3. The molecule has 2 aromatic heterocycles. The molecule has 3 rings (SSSR count). The van der Waals surface area contributed by atoms with Gasteiger partial charge in [-0.2, -0.15) is 5.10 Å². The molecule has 0 radical (unpaired) electrons. The predicted molar refractivity (Wildman–Crippen MR) is 101 cm³/mol. The summed E-state index contributed by atoms with van der Waals surface area (Å²) < 4.78 is 1.80. The van der Waals surface area contributed by atoms with Crippen molar-refractivity contribution in [2.75, 3.05) is 6.54 Å². The lowest BCUT2D eigenvalue weighted by Crippen LogP contribution is -2.48. The molecule has 0 spiro atoms. The first-order chi connectivity index (χ1) is 12.9. The van der Waals surface area contributed by atoms with E-state index in [1.54, 1.807) is 21.8 Å². The number of carbonyl (C=O) groups is 2. The van der Waals surface area contributed by atoms with E-state index >= 15 is 0 Å². The summed E-state index contributed by atoms with van der Waals surface area (Å²) in [4.78, 5) is 30.7. The molecule has 0 unspecified atom stereocenters. The van der Waals surface area contributed by atoms with E-state index in [1.807, 2.05) is 25.1 Å². The number of fused-ring (bicyclic) bond motifs is 1. The van der Waals surface area contributed by atoms with Crippen molar-refractivity contribution >= 4 is 11.9 Å². The Morgan fingerprint density at radius 3 is 2.74 bits per heavy atom. The number of nitrogens with zero attached hydrogens (tertiary/aromatic N) is 4. The van der Waals surface area contributed by atoms with Crippen LogP contribution in [0.25, 0.3) is 0 Å². The first-order valence-electron chi connectivity index (χ1n) is 9.24. The lowest BCUT2D eigenvalue weighted by Gasteiger charge is -2.29. The van der Waals surface area contributed by atoms with Gasteiger partial charge >= 0.3 is 6.03 Å². The van der Waals surface area contributed by atoms with Crippen LogP contribution in [-0.2, 0) is 19.6 Å². The van der Waals surface area contributed by atoms with Crippen molar-refractivity contribution in [1.29, 1.82) is 0 Å². The average Bonchev–Trinajstić information content (AvgIpc) is 3.10. The van der Waals surface area contributed by atoms with Gasteiger partial charge < -0.3 is 15.5 Å². The Hall–Kier alpha value is -2.90. The molecule has 1 aliphatic rings. The largest absolute Gasteiger partial charge is 0.345 e. The van der Waals surface area contributed by atoms with Crippen LogP contribution in [0.2, 0.25) is 0 Å². The van der Waals surface area contributed by atoms with E-state index in [-0.39, 0.29) is 18.0 Å². The van der Waals surface area contributed by atoms with Gasteiger partial charge in [0.05, 0.1) is 31.0 Å². The maximum Gasteiger partial charge on any atom is 0.318 e. The quantitative estimate of drug-likeness (QED) is 0.839. The molecular weight excluding hydrogens is 344 g/mol. The molecule has 144 valence electrons. The Kier molecular flexibility index (Phi) is 5.73. The molecule has 0 saturated heterocycles. The third-order valence-electron chi connectivity index (χ3n) is 4.83. The number of carbonyl (C=O) groups excluding carboxylic acids is 2. The normalized spacial score (nSPS) is 14.6. The minimum atomic E-state index is -0.244. The summed E-state index contributed by atoms with van der Waals surface area (Å²) in [5.74, 6) is 0.130. The SMILES string of the molecule is CC(C)[C@@H](C)NC(=O)N1CCn2nc(C(=O)NCc3ccccn3)cc2C1. The first-order valence-corrected chi connectivity index (χ1v) is 9.24. The molecular formula is C19H26N6O2. The highest BCUT2D eigenvalue weighted by atomic mass is 16.2. The molecule has 0 bridgehead atoms. The van der Waals surface area contributed by atoms with Gasteiger partial charge in [-0.05, 0) is 31.0 Å². The lowest BCUT2D eigenvalue weighted by atomic mass is 10.1. The molecule has 1 atom stereocenters. The summed E-state index contributed by atoms with van der Waals surface area (Å²) in [6.07, 6.45) is 1.69. The van der Waals surface area contributed by atoms with Crippen LogP contribution >= 0.6 is 0 Å². The predicted octanol–water partition coefficient (Wildman–Crippen LogP) is 1.78. The fourth-order valence-electron chi connectivity index (χ4n) is 2.77. The molecule has 2 aromatic rings. The molecule has 3 amide bonds. The zero-order valence-electron chi connectivity index (χ0n) is 16.0. The number of urea groups is 1. The number of hydrogen-bond acceptors (Lipinski definition) is 4. The van der Waals surface area contributed by atoms with Crippen LogP contribution in [0.1, 0.15) is 42.6 Å². The molecule has 2 N–H and O–H groups in total. The fraction of sp³-hybridized carbons (Fsp3) is 0.474. The maximum absolute atomic E-state index is 12.4. The van der Waals surface area contributed by atoms with Gasteiger partial charge in [0.2, 0.25) is 0 Å². The fourth-order valence-corrected chi connectivity index (χ4v) is 2.77. The Morgan fingerprint density at radius 2 is 2.04 bits per heavy atom. The molecule has 0 aromatic carbocycles. The summed E-state index contributed by atoms with van der Waals surface area (Å²) in [5.41, 5.74) is 2.01. The van der Waals surface area contributed by atoms with Crippen LogP contribution in [-0.4, -0.2) is 44.2 Å². The summed E-state index contributed by atoms with van der Waals surface area (Å²) in [6.45, 7) is 8.09. The Bertz CT molecular complexity index is 802. The van der Waals surface area contributed by atoms with E-state index in [1.165, 1.54) is 0 Å². The van der Waals surface area contributed by atoms with Crippen LogP contribution in [0.3, 0.4) is 0 Å².